The first-order chi connectivity index (χ1) is 7.29. The van der Waals surface area contributed by atoms with Gasteiger partial charge in [-0.2, -0.15) is 11.8 Å². The van der Waals surface area contributed by atoms with Crippen molar-refractivity contribution in [3.8, 4) is 0 Å². The molecule has 88 valence electrons. The summed E-state index contributed by atoms with van der Waals surface area (Å²) >= 11 is 2.06. The van der Waals surface area contributed by atoms with Gasteiger partial charge in [0.15, 0.2) is 0 Å². The van der Waals surface area contributed by atoms with E-state index < -0.39 is 0 Å². The number of hydrogen-bond acceptors (Lipinski definition) is 5. The second kappa shape index (κ2) is 5.50. The zero-order valence-corrected chi connectivity index (χ0v) is 10.5. The molecule has 2 rings (SSSR count). The third-order valence-electron chi connectivity index (χ3n) is 3.02. The molecule has 0 N–H and O–H groups in total. The zero-order valence-electron chi connectivity index (χ0n) is 9.69. The summed E-state index contributed by atoms with van der Waals surface area (Å²) < 4.78 is 5.40. The number of hydrogen-bond donors (Lipinski definition) is 0. The molecule has 2 aliphatic rings. The maximum absolute atomic E-state index is 5.40. The van der Waals surface area contributed by atoms with Crippen molar-refractivity contribution in [2.75, 3.05) is 58.4 Å². The molecule has 4 nitrogen and oxygen atoms in total. The second-order valence-corrected chi connectivity index (χ2v) is 5.40. The molecule has 2 heterocycles. The van der Waals surface area contributed by atoms with E-state index in [1.165, 1.54) is 18.1 Å². The van der Waals surface area contributed by atoms with Crippen LogP contribution in [0.1, 0.15) is 0 Å². The SMILES string of the molecule is CN(C)C1CSCCN1N1CCOCC1. The van der Waals surface area contributed by atoms with Crippen LogP contribution in [0.15, 0.2) is 0 Å². The van der Waals surface area contributed by atoms with Crippen LogP contribution in [0, 0.1) is 0 Å². The molecule has 0 aliphatic carbocycles. The monoisotopic (exact) mass is 231 g/mol. The van der Waals surface area contributed by atoms with E-state index in [9.17, 15) is 0 Å². The number of hydrazine groups is 1. The molecule has 0 aromatic heterocycles. The van der Waals surface area contributed by atoms with Gasteiger partial charge < -0.3 is 4.74 Å². The number of rotatable bonds is 2. The van der Waals surface area contributed by atoms with Crippen molar-refractivity contribution in [3.63, 3.8) is 0 Å². The Kier molecular flexibility index (Phi) is 4.28. The summed E-state index contributed by atoms with van der Waals surface area (Å²) in [4.78, 5) is 2.32. The van der Waals surface area contributed by atoms with Gasteiger partial charge in [0.1, 0.15) is 0 Å². The smallest absolute Gasteiger partial charge is 0.0847 e. The topological polar surface area (TPSA) is 19.0 Å². The van der Waals surface area contributed by atoms with E-state index >= 15 is 0 Å². The fraction of sp³-hybridized carbons (Fsp3) is 1.00. The van der Waals surface area contributed by atoms with E-state index in [2.05, 4.69) is 40.8 Å². The van der Waals surface area contributed by atoms with Crippen LogP contribution < -0.4 is 0 Å². The maximum atomic E-state index is 5.40. The van der Waals surface area contributed by atoms with Crippen LogP contribution in [-0.2, 0) is 4.74 Å². The van der Waals surface area contributed by atoms with E-state index in [0.29, 0.717) is 6.17 Å². The lowest BCUT2D eigenvalue weighted by atomic mass is 10.4. The van der Waals surface area contributed by atoms with E-state index in [0.717, 1.165) is 26.3 Å². The Labute approximate surface area is 96.5 Å². The summed E-state index contributed by atoms with van der Waals surface area (Å²) in [5.74, 6) is 2.46. The maximum Gasteiger partial charge on any atom is 0.0847 e. The molecule has 2 aliphatic heterocycles. The van der Waals surface area contributed by atoms with Gasteiger partial charge in [0, 0.05) is 31.1 Å². The first-order valence-electron chi connectivity index (χ1n) is 5.62. The molecule has 1 atom stereocenters. The highest BCUT2D eigenvalue weighted by molar-refractivity contribution is 7.99. The molecule has 5 heteroatoms. The van der Waals surface area contributed by atoms with Crippen LogP contribution in [0.2, 0.25) is 0 Å². The fourth-order valence-electron chi connectivity index (χ4n) is 2.14. The number of ether oxygens (including phenoxy) is 1. The Morgan fingerprint density at radius 2 is 1.93 bits per heavy atom. The van der Waals surface area contributed by atoms with Crippen LogP contribution in [0.3, 0.4) is 0 Å². The normalized spacial score (nSPS) is 31.0. The molecule has 0 aromatic carbocycles. The Bertz CT molecular complexity index is 197. The van der Waals surface area contributed by atoms with Crippen molar-refractivity contribution in [1.82, 2.24) is 14.9 Å². The Morgan fingerprint density at radius 1 is 1.20 bits per heavy atom. The predicted molar refractivity (Wildman–Crippen MR) is 63.9 cm³/mol. The average molecular weight is 231 g/mol. The van der Waals surface area contributed by atoms with E-state index in [-0.39, 0.29) is 0 Å². The molecule has 0 amide bonds. The highest BCUT2D eigenvalue weighted by atomic mass is 32.2. The first-order valence-corrected chi connectivity index (χ1v) is 6.78. The van der Waals surface area contributed by atoms with Crippen molar-refractivity contribution in [2.45, 2.75) is 6.17 Å². The summed E-state index contributed by atoms with van der Waals surface area (Å²) in [6, 6.07) is 0. The van der Waals surface area contributed by atoms with Gasteiger partial charge in [-0.15, -0.1) is 0 Å². The fourth-order valence-corrected chi connectivity index (χ4v) is 3.30. The van der Waals surface area contributed by atoms with Crippen molar-refractivity contribution in [1.29, 1.82) is 0 Å². The minimum atomic E-state index is 0.557. The predicted octanol–water partition coefficient (Wildman–Crippen LogP) is 0.170. The van der Waals surface area contributed by atoms with Gasteiger partial charge in [-0.3, -0.25) is 4.90 Å². The third-order valence-corrected chi connectivity index (χ3v) is 4.03. The van der Waals surface area contributed by atoms with Gasteiger partial charge in [0.05, 0.1) is 19.4 Å². The summed E-state index contributed by atoms with van der Waals surface area (Å²) in [5, 5.41) is 4.99. The molecule has 2 saturated heterocycles. The summed E-state index contributed by atoms with van der Waals surface area (Å²) in [5.41, 5.74) is 0. The molecule has 0 bridgehead atoms. The number of nitrogens with zero attached hydrogens (tertiary/aromatic N) is 3. The third kappa shape index (κ3) is 2.85. The molecular weight excluding hydrogens is 210 g/mol. The Balaban J connectivity index is 1.96. The summed E-state index contributed by atoms with van der Waals surface area (Å²) in [6.07, 6.45) is 0.557. The van der Waals surface area contributed by atoms with E-state index in [1.807, 2.05) is 0 Å². The molecule has 15 heavy (non-hydrogen) atoms. The quantitative estimate of drug-likeness (QED) is 0.672. The Morgan fingerprint density at radius 3 is 2.60 bits per heavy atom. The van der Waals surface area contributed by atoms with Gasteiger partial charge >= 0.3 is 0 Å². The van der Waals surface area contributed by atoms with Gasteiger partial charge in [0.25, 0.3) is 0 Å². The van der Waals surface area contributed by atoms with Gasteiger partial charge in [0.2, 0.25) is 0 Å². The van der Waals surface area contributed by atoms with Crippen molar-refractivity contribution < 1.29 is 4.74 Å². The van der Waals surface area contributed by atoms with Gasteiger partial charge in [-0.25, -0.2) is 10.0 Å². The minimum Gasteiger partial charge on any atom is -0.379 e. The molecular formula is C10H21N3OS. The first kappa shape index (κ1) is 11.7. The van der Waals surface area contributed by atoms with Crippen LogP contribution >= 0.6 is 11.8 Å². The molecule has 1 unspecified atom stereocenters. The molecule has 0 saturated carbocycles. The van der Waals surface area contributed by atoms with Gasteiger partial charge in [-0.05, 0) is 14.1 Å². The van der Waals surface area contributed by atoms with Crippen LogP contribution in [0.25, 0.3) is 0 Å². The van der Waals surface area contributed by atoms with Crippen LogP contribution in [0.4, 0.5) is 0 Å². The lowest BCUT2D eigenvalue weighted by Gasteiger charge is -2.46. The highest BCUT2D eigenvalue weighted by Crippen LogP contribution is 2.20. The highest BCUT2D eigenvalue weighted by Gasteiger charge is 2.29. The average Bonchev–Trinajstić information content (AvgIpc) is 2.30. The Hall–Kier alpha value is 0.190. The van der Waals surface area contributed by atoms with E-state index in [4.69, 9.17) is 4.74 Å². The summed E-state index contributed by atoms with van der Waals surface area (Å²) in [6.45, 7) is 5.03. The lowest BCUT2D eigenvalue weighted by Crippen LogP contribution is -2.60. The molecule has 0 aromatic rings. The molecule has 2 fully saturated rings. The minimum absolute atomic E-state index is 0.557. The van der Waals surface area contributed by atoms with Gasteiger partial charge in [-0.1, -0.05) is 0 Å². The molecule has 0 spiro atoms. The largest absolute Gasteiger partial charge is 0.379 e. The zero-order chi connectivity index (χ0) is 10.7. The standard InChI is InChI=1S/C10H21N3OS/c1-11(2)10-9-15-8-5-13(10)12-3-6-14-7-4-12/h10H,3-9H2,1-2H3. The van der Waals surface area contributed by atoms with E-state index in [1.54, 1.807) is 0 Å². The number of thioether (sulfide) groups is 1. The van der Waals surface area contributed by atoms with Crippen molar-refractivity contribution >= 4 is 11.8 Å². The second-order valence-electron chi connectivity index (χ2n) is 4.25. The van der Waals surface area contributed by atoms with Crippen molar-refractivity contribution in [3.05, 3.63) is 0 Å². The summed E-state index contributed by atoms with van der Waals surface area (Å²) in [7, 11) is 4.34. The molecule has 0 radical (unpaired) electrons. The van der Waals surface area contributed by atoms with Crippen LogP contribution in [-0.4, -0.2) is 79.5 Å². The number of morpholine rings is 1. The van der Waals surface area contributed by atoms with Crippen LogP contribution in [0.5, 0.6) is 0 Å². The van der Waals surface area contributed by atoms with Crippen molar-refractivity contribution in [2.24, 2.45) is 0 Å². The lowest BCUT2D eigenvalue weighted by molar-refractivity contribution is -0.133.